The van der Waals surface area contributed by atoms with Crippen LogP contribution in [0.5, 0.6) is 11.5 Å². The Labute approximate surface area is 123 Å². The summed E-state index contributed by atoms with van der Waals surface area (Å²) in [5, 5.41) is 4.08. The van der Waals surface area contributed by atoms with Crippen molar-refractivity contribution in [1.29, 1.82) is 0 Å². The van der Waals surface area contributed by atoms with Gasteiger partial charge < -0.3 is 20.5 Å². The number of aromatic nitrogens is 1. The molecule has 112 valence electrons. The molecule has 0 unspecified atom stereocenters. The second kappa shape index (κ2) is 5.87. The maximum absolute atomic E-state index is 12.3. The third kappa shape index (κ3) is 2.69. The summed E-state index contributed by atoms with van der Waals surface area (Å²) in [4.78, 5) is 16.5. The molecule has 2 rings (SSSR count). The van der Waals surface area contributed by atoms with Crippen molar-refractivity contribution in [2.45, 2.75) is 19.9 Å². The number of anilines is 1. The third-order valence-corrected chi connectivity index (χ3v) is 3.06. The molecule has 0 aliphatic rings. The van der Waals surface area contributed by atoms with E-state index >= 15 is 0 Å². The highest BCUT2D eigenvalue weighted by atomic mass is 16.5. The number of methoxy groups -OCH3 is 2. The van der Waals surface area contributed by atoms with Gasteiger partial charge in [-0.2, -0.15) is 0 Å². The number of nitrogens with two attached hydrogens (primary N) is 1. The van der Waals surface area contributed by atoms with Gasteiger partial charge in [0.1, 0.15) is 5.69 Å². The zero-order chi connectivity index (χ0) is 15.6. The number of carbonyl (C=O) groups excluding carboxylic acids is 1. The molecule has 1 aromatic carbocycles. The Hall–Kier alpha value is -2.50. The number of carbonyl (C=O) groups is 1. The highest BCUT2D eigenvalue weighted by molar-refractivity contribution is 6.11. The molecule has 1 aromatic heterocycles. The van der Waals surface area contributed by atoms with Crippen molar-refractivity contribution < 1.29 is 14.3 Å². The number of pyridine rings is 1. The van der Waals surface area contributed by atoms with Crippen molar-refractivity contribution in [3.63, 3.8) is 0 Å². The van der Waals surface area contributed by atoms with Crippen LogP contribution in [0.4, 0.5) is 5.69 Å². The van der Waals surface area contributed by atoms with Gasteiger partial charge in [-0.3, -0.25) is 9.78 Å². The molecule has 21 heavy (non-hydrogen) atoms. The number of benzene rings is 1. The molecular formula is C15H19N3O3. The van der Waals surface area contributed by atoms with Crippen LogP contribution >= 0.6 is 0 Å². The number of nitrogens with zero attached hydrogens (tertiary/aromatic N) is 1. The Bertz CT molecular complexity index is 683. The number of hydrogen-bond acceptors (Lipinski definition) is 5. The number of fused-ring (bicyclic) bond motifs is 1. The summed E-state index contributed by atoms with van der Waals surface area (Å²) in [5.41, 5.74) is 6.80. The second-order valence-corrected chi connectivity index (χ2v) is 4.91. The van der Waals surface area contributed by atoms with Crippen LogP contribution in [0.3, 0.4) is 0 Å². The lowest BCUT2D eigenvalue weighted by Crippen LogP contribution is -2.31. The molecule has 1 amide bonds. The minimum absolute atomic E-state index is 0.00325. The molecule has 0 aliphatic carbocycles. The topological polar surface area (TPSA) is 86.5 Å². The van der Waals surface area contributed by atoms with Crippen LogP contribution in [0.15, 0.2) is 18.3 Å². The van der Waals surface area contributed by atoms with Gasteiger partial charge in [-0.15, -0.1) is 0 Å². The number of nitrogens with one attached hydrogen (secondary N) is 1. The first-order chi connectivity index (χ1) is 9.99. The monoisotopic (exact) mass is 289 g/mol. The first-order valence-corrected chi connectivity index (χ1v) is 6.59. The van der Waals surface area contributed by atoms with E-state index in [-0.39, 0.29) is 17.6 Å². The van der Waals surface area contributed by atoms with Crippen molar-refractivity contribution in [2.24, 2.45) is 0 Å². The van der Waals surface area contributed by atoms with Gasteiger partial charge in [0.25, 0.3) is 5.91 Å². The van der Waals surface area contributed by atoms with Crippen LogP contribution in [-0.4, -0.2) is 31.2 Å². The summed E-state index contributed by atoms with van der Waals surface area (Å²) in [7, 11) is 3.04. The molecule has 6 heteroatoms. The van der Waals surface area contributed by atoms with Crippen molar-refractivity contribution in [1.82, 2.24) is 10.3 Å². The van der Waals surface area contributed by atoms with Gasteiger partial charge >= 0.3 is 0 Å². The number of nitrogen functional groups attached to an aromatic ring is 1. The summed E-state index contributed by atoms with van der Waals surface area (Å²) >= 11 is 0. The molecule has 0 fully saturated rings. The van der Waals surface area contributed by atoms with Gasteiger partial charge in [0.2, 0.25) is 0 Å². The quantitative estimate of drug-likeness (QED) is 0.840. The number of amides is 1. The van der Waals surface area contributed by atoms with E-state index in [4.69, 9.17) is 15.2 Å². The van der Waals surface area contributed by atoms with Crippen LogP contribution < -0.4 is 20.5 Å². The van der Waals surface area contributed by atoms with Crippen LogP contribution in [0.25, 0.3) is 10.8 Å². The summed E-state index contributed by atoms with van der Waals surface area (Å²) in [5.74, 6) is 0.638. The smallest absolute Gasteiger partial charge is 0.270 e. The average molecular weight is 289 g/mol. The summed E-state index contributed by atoms with van der Waals surface area (Å²) < 4.78 is 10.7. The molecule has 0 aliphatic heterocycles. The standard InChI is InChI=1S/C15H19N3O3/c1-8(2)18-15(19)13-12-9(5-6-17-13)10(16)7-11(20-3)14(12)21-4/h5-8H,16H2,1-4H3,(H,18,19). The number of rotatable bonds is 4. The van der Waals surface area contributed by atoms with E-state index < -0.39 is 0 Å². The highest BCUT2D eigenvalue weighted by Crippen LogP contribution is 2.40. The van der Waals surface area contributed by atoms with Crippen LogP contribution in [0, 0.1) is 0 Å². The van der Waals surface area contributed by atoms with Crippen LogP contribution in [0.2, 0.25) is 0 Å². The van der Waals surface area contributed by atoms with Gasteiger partial charge in [0.15, 0.2) is 11.5 Å². The molecular weight excluding hydrogens is 270 g/mol. The fourth-order valence-corrected chi connectivity index (χ4v) is 2.20. The van der Waals surface area contributed by atoms with Crippen molar-refractivity contribution >= 4 is 22.4 Å². The van der Waals surface area contributed by atoms with E-state index in [1.807, 2.05) is 13.8 Å². The van der Waals surface area contributed by atoms with E-state index in [2.05, 4.69) is 10.3 Å². The Kier molecular flexibility index (Phi) is 4.16. The molecule has 0 atom stereocenters. The lowest BCUT2D eigenvalue weighted by molar-refractivity contribution is 0.0940. The van der Waals surface area contributed by atoms with E-state index in [1.165, 1.54) is 14.2 Å². The van der Waals surface area contributed by atoms with Gasteiger partial charge in [0.05, 0.1) is 19.6 Å². The fraction of sp³-hybridized carbons (Fsp3) is 0.333. The number of hydrogen-bond donors (Lipinski definition) is 2. The highest BCUT2D eigenvalue weighted by Gasteiger charge is 2.20. The number of ether oxygens (including phenoxy) is 2. The Morgan fingerprint density at radius 3 is 2.62 bits per heavy atom. The summed E-state index contributed by atoms with van der Waals surface area (Å²) in [6.45, 7) is 3.77. The first-order valence-electron chi connectivity index (χ1n) is 6.59. The minimum Gasteiger partial charge on any atom is -0.493 e. The normalized spacial score (nSPS) is 10.7. The Balaban J connectivity index is 2.77. The molecule has 0 radical (unpaired) electrons. The first kappa shape index (κ1) is 14.9. The molecule has 3 N–H and O–H groups in total. The lowest BCUT2D eigenvalue weighted by Gasteiger charge is -2.15. The molecule has 0 spiro atoms. The average Bonchev–Trinajstić information content (AvgIpc) is 2.45. The summed E-state index contributed by atoms with van der Waals surface area (Å²) in [6, 6.07) is 3.42. The molecule has 0 saturated heterocycles. The molecule has 0 bridgehead atoms. The largest absolute Gasteiger partial charge is 0.493 e. The predicted molar refractivity (Wildman–Crippen MR) is 81.9 cm³/mol. The fourth-order valence-electron chi connectivity index (χ4n) is 2.20. The van der Waals surface area contributed by atoms with Crippen molar-refractivity contribution in [3.05, 3.63) is 24.0 Å². The van der Waals surface area contributed by atoms with E-state index in [1.54, 1.807) is 18.3 Å². The third-order valence-electron chi connectivity index (χ3n) is 3.06. The van der Waals surface area contributed by atoms with Crippen molar-refractivity contribution in [3.8, 4) is 11.5 Å². The molecule has 1 heterocycles. The maximum Gasteiger partial charge on any atom is 0.270 e. The Morgan fingerprint density at radius 1 is 1.33 bits per heavy atom. The molecule has 0 saturated carbocycles. The predicted octanol–water partition coefficient (Wildman–Crippen LogP) is 1.97. The second-order valence-electron chi connectivity index (χ2n) is 4.91. The SMILES string of the molecule is COc1cc(N)c2ccnc(C(=O)NC(C)C)c2c1OC. The van der Waals surface area contributed by atoms with E-state index in [9.17, 15) is 4.79 Å². The zero-order valence-electron chi connectivity index (χ0n) is 12.6. The van der Waals surface area contributed by atoms with Crippen LogP contribution in [-0.2, 0) is 0 Å². The van der Waals surface area contributed by atoms with Gasteiger partial charge in [0, 0.05) is 29.4 Å². The van der Waals surface area contributed by atoms with E-state index in [0.29, 0.717) is 28.0 Å². The summed E-state index contributed by atoms with van der Waals surface area (Å²) in [6.07, 6.45) is 1.56. The van der Waals surface area contributed by atoms with Gasteiger partial charge in [-0.25, -0.2) is 0 Å². The maximum atomic E-state index is 12.3. The van der Waals surface area contributed by atoms with Gasteiger partial charge in [-0.1, -0.05) is 0 Å². The lowest BCUT2D eigenvalue weighted by atomic mass is 10.1. The zero-order valence-corrected chi connectivity index (χ0v) is 12.6. The van der Waals surface area contributed by atoms with Gasteiger partial charge in [-0.05, 0) is 19.9 Å². The van der Waals surface area contributed by atoms with Crippen molar-refractivity contribution in [2.75, 3.05) is 20.0 Å². The Morgan fingerprint density at radius 2 is 2.05 bits per heavy atom. The molecule has 6 nitrogen and oxygen atoms in total. The minimum atomic E-state index is -0.276. The molecule has 2 aromatic rings. The van der Waals surface area contributed by atoms with Crippen LogP contribution in [0.1, 0.15) is 24.3 Å². The van der Waals surface area contributed by atoms with E-state index in [0.717, 1.165) is 0 Å².